The quantitative estimate of drug-likeness (QED) is 0.936. The number of hydrogen-bond acceptors (Lipinski definition) is 4. The normalized spacial score (nSPS) is 14.1. The number of nitrogens with zero attached hydrogens (tertiary/aromatic N) is 3. The lowest BCUT2D eigenvalue weighted by Crippen LogP contribution is -2.27. The molecule has 2 aromatic rings. The van der Waals surface area contributed by atoms with Crippen molar-refractivity contribution in [3.8, 4) is 0 Å². The van der Waals surface area contributed by atoms with Crippen LogP contribution in [-0.4, -0.2) is 29.0 Å². The van der Waals surface area contributed by atoms with Crippen LogP contribution in [0.15, 0.2) is 30.3 Å². The van der Waals surface area contributed by atoms with E-state index in [-0.39, 0.29) is 5.91 Å². The lowest BCUT2D eigenvalue weighted by molar-refractivity contribution is 0.0945. The van der Waals surface area contributed by atoms with Crippen LogP contribution in [0, 0.1) is 6.92 Å². The van der Waals surface area contributed by atoms with Crippen molar-refractivity contribution in [2.75, 3.05) is 18.0 Å². The van der Waals surface area contributed by atoms with E-state index in [2.05, 4.69) is 20.2 Å². The van der Waals surface area contributed by atoms with E-state index in [1.807, 2.05) is 31.2 Å². The molecule has 0 unspecified atom stereocenters. The van der Waals surface area contributed by atoms with E-state index >= 15 is 0 Å². The maximum atomic E-state index is 12.4. The molecule has 0 saturated carbocycles. The molecule has 1 fully saturated rings. The van der Waals surface area contributed by atoms with Crippen LogP contribution in [-0.2, 0) is 6.54 Å². The van der Waals surface area contributed by atoms with Crippen LogP contribution in [0.5, 0.6) is 0 Å². The van der Waals surface area contributed by atoms with Gasteiger partial charge in [-0.25, -0.2) is 9.97 Å². The molecular formula is C17H19ClN4O. The summed E-state index contributed by atoms with van der Waals surface area (Å²) in [5, 5.41) is 3.51. The minimum absolute atomic E-state index is 0.212. The summed E-state index contributed by atoms with van der Waals surface area (Å²) in [5.41, 5.74) is 2.07. The lowest BCUT2D eigenvalue weighted by atomic mass is 10.2. The average Bonchev–Trinajstić information content (AvgIpc) is 3.08. The molecular weight excluding hydrogens is 312 g/mol. The highest BCUT2D eigenvalue weighted by atomic mass is 35.5. The Morgan fingerprint density at radius 1 is 1.26 bits per heavy atom. The number of amides is 1. The smallest absolute Gasteiger partial charge is 0.270 e. The third-order valence-corrected chi connectivity index (χ3v) is 4.23. The van der Waals surface area contributed by atoms with Crippen molar-refractivity contribution in [1.82, 2.24) is 15.3 Å². The molecule has 1 aromatic heterocycles. The van der Waals surface area contributed by atoms with Gasteiger partial charge in [0.1, 0.15) is 5.69 Å². The van der Waals surface area contributed by atoms with E-state index in [4.69, 9.17) is 11.6 Å². The summed E-state index contributed by atoms with van der Waals surface area (Å²) in [6.07, 6.45) is 2.29. The molecule has 23 heavy (non-hydrogen) atoms. The lowest BCUT2D eigenvalue weighted by Gasteiger charge is -2.16. The van der Waals surface area contributed by atoms with Crippen LogP contribution in [0.2, 0.25) is 5.02 Å². The summed E-state index contributed by atoms with van der Waals surface area (Å²) < 4.78 is 0. The topological polar surface area (TPSA) is 58.1 Å². The van der Waals surface area contributed by atoms with Crippen molar-refractivity contribution in [1.29, 1.82) is 0 Å². The van der Waals surface area contributed by atoms with Gasteiger partial charge in [-0.1, -0.05) is 29.8 Å². The van der Waals surface area contributed by atoms with Crippen molar-refractivity contribution in [3.63, 3.8) is 0 Å². The molecule has 1 N–H and O–H groups in total. The van der Waals surface area contributed by atoms with Gasteiger partial charge in [0.2, 0.25) is 5.95 Å². The predicted octanol–water partition coefficient (Wildman–Crippen LogP) is 2.97. The van der Waals surface area contributed by atoms with Crippen molar-refractivity contribution >= 4 is 23.5 Å². The Hall–Kier alpha value is -2.14. The van der Waals surface area contributed by atoms with Crippen molar-refractivity contribution in [3.05, 3.63) is 52.3 Å². The second-order valence-corrected chi connectivity index (χ2v) is 6.07. The Morgan fingerprint density at radius 3 is 2.74 bits per heavy atom. The summed E-state index contributed by atoms with van der Waals surface area (Å²) in [6.45, 7) is 4.15. The minimum atomic E-state index is -0.212. The number of anilines is 1. The maximum Gasteiger partial charge on any atom is 0.270 e. The largest absolute Gasteiger partial charge is 0.347 e. The zero-order valence-corrected chi connectivity index (χ0v) is 13.8. The first-order chi connectivity index (χ1) is 11.1. The number of halogens is 1. The predicted molar refractivity (Wildman–Crippen MR) is 90.8 cm³/mol. The standard InChI is InChI=1S/C17H19ClN4O/c1-12-10-15(21-17(20-12)22-8-4-5-9-22)16(23)19-11-13-6-2-3-7-14(13)18/h2-3,6-7,10H,4-5,8-9,11H2,1H3,(H,19,23). The van der Waals surface area contributed by atoms with Crippen molar-refractivity contribution in [2.24, 2.45) is 0 Å². The molecule has 0 bridgehead atoms. The van der Waals surface area contributed by atoms with Gasteiger partial charge in [0.15, 0.2) is 0 Å². The van der Waals surface area contributed by atoms with Gasteiger partial charge in [-0.05, 0) is 37.5 Å². The molecule has 5 nitrogen and oxygen atoms in total. The zero-order chi connectivity index (χ0) is 16.2. The number of rotatable bonds is 4. The first kappa shape index (κ1) is 15.7. The molecule has 1 aliphatic rings. The third kappa shape index (κ3) is 3.79. The van der Waals surface area contributed by atoms with Gasteiger partial charge in [0.05, 0.1) is 0 Å². The Bertz CT molecular complexity index is 713. The molecule has 3 rings (SSSR count). The highest BCUT2D eigenvalue weighted by Gasteiger charge is 2.18. The van der Waals surface area contributed by atoms with Gasteiger partial charge >= 0.3 is 0 Å². The van der Waals surface area contributed by atoms with Gasteiger partial charge in [0, 0.05) is 30.4 Å². The molecule has 120 valence electrons. The number of hydrogen-bond donors (Lipinski definition) is 1. The number of aromatic nitrogens is 2. The maximum absolute atomic E-state index is 12.4. The molecule has 2 heterocycles. The molecule has 6 heteroatoms. The zero-order valence-electron chi connectivity index (χ0n) is 13.1. The molecule has 1 saturated heterocycles. The van der Waals surface area contributed by atoms with Crippen molar-refractivity contribution in [2.45, 2.75) is 26.3 Å². The fourth-order valence-electron chi connectivity index (χ4n) is 2.64. The molecule has 0 aliphatic carbocycles. The van der Waals surface area contributed by atoms with Crippen LogP contribution in [0.3, 0.4) is 0 Å². The van der Waals surface area contributed by atoms with Gasteiger partial charge < -0.3 is 10.2 Å². The second-order valence-electron chi connectivity index (χ2n) is 5.66. The first-order valence-corrected chi connectivity index (χ1v) is 8.13. The molecule has 0 radical (unpaired) electrons. The van der Waals surface area contributed by atoms with E-state index in [1.54, 1.807) is 6.07 Å². The minimum Gasteiger partial charge on any atom is -0.347 e. The highest BCUT2D eigenvalue weighted by molar-refractivity contribution is 6.31. The van der Waals surface area contributed by atoms with E-state index in [0.717, 1.165) is 37.2 Å². The first-order valence-electron chi connectivity index (χ1n) is 7.76. The summed E-state index contributed by atoms with van der Waals surface area (Å²) in [6, 6.07) is 9.17. The van der Waals surface area contributed by atoms with Crippen LogP contribution in [0.25, 0.3) is 0 Å². The summed E-state index contributed by atoms with van der Waals surface area (Å²) in [4.78, 5) is 23.4. The van der Waals surface area contributed by atoms with E-state index < -0.39 is 0 Å². The fraction of sp³-hybridized carbons (Fsp3) is 0.353. The highest BCUT2D eigenvalue weighted by Crippen LogP contribution is 2.17. The van der Waals surface area contributed by atoms with Crippen LogP contribution >= 0.6 is 11.6 Å². The number of nitrogens with one attached hydrogen (secondary N) is 1. The Balaban J connectivity index is 1.73. The van der Waals surface area contributed by atoms with Gasteiger partial charge in [-0.2, -0.15) is 0 Å². The number of carbonyl (C=O) groups is 1. The number of carbonyl (C=O) groups excluding carboxylic acids is 1. The van der Waals surface area contributed by atoms with E-state index in [0.29, 0.717) is 23.2 Å². The number of aryl methyl sites for hydroxylation is 1. The molecule has 1 amide bonds. The molecule has 0 spiro atoms. The van der Waals surface area contributed by atoms with Gasteiger partial charge in [-0.15, -0.1) is 0 Å². The molecule has 1 aliphatic heterocycles. The monoisotopic (exact) mass is 330 g/mol. The van der Waals surface area contributed by atoms with Crippen LogP contribution in [0.4, 0.5) is 5.95 Å². The molecule has 1 aromatic carbocycles. The number of benzene rings is 1. The Morgan fingerprint density at radius 2 is 2.00 bits per heavy atom. The van der Waals surface area contributed by atoms with Crippen molar-refractivity contribution < 1.29 is 4.79 Å². The van der Waals surface area contributed by atoms with E-state index in [9.17, 15) is 4.79 Å². The van der Waals surface area contributed by atoms with Gasteiger partial charge in [-0.3, -0.25) is 4.79 Å². The van der Waals surface area contributed by atoms with Crippen LogP contribution in [0.1, 0.15) is 34.6 Å². The van der Waals surface area contributed by atoms with Gasteiger partial charge in [0.25, 0.3) is 5.91 Å². The third-order valence-electron chi connectivity index (χ3n) is 3.86. The van der Waals surface area contributed by atoms with Crippen LogP contribution < -0.4 is 10.2 Å². The molecule has 0 atom stereocenters. The Kier molecular flexibility index (Phi) is 4.76. The SMILES string of the molecule is Cc1cc(C(=O)NCc2ccccc2Cl)nc(N2CCCC2)n1. The summed E-state index contributed by atoms with van der Waals surface area (Å²) >= 11 is 6.11. The average molecular weight is 331 g/mol. The summed E-state index contributed by atoms with van der Waals surface area (Å²) in [7, 11) is 0. The second kappa shape index (κ2) is 6.96. The van der Waals surface area contributed by atoms with E-state index in [1.165, 1.54) is 0 Å². The Labute approximate surface area is 140 Å². The fourth-order valence-corrected chi connectivity index (χ4v) is 2.84. The summed E-state index contributed by atoms with van der Waals surface area (Å²) in [5.74, 6) is 0.432.